The Morgan fingerprint density at radius 2 is 2.00 bits per heavy atom. The van der Waals surface area contributed by atoms with Crippen molar-refractivity contribution in [3.63, 3.8) is 0 Å². The summed E-state index contributed by atoms with van der Waals surface area (Å²) in [6.07, 6.45) is -0.407. The first-order valence-electron chi connectivity index (χ1n) is 9.46. The quantitative estimate of drug-likeness (QED) is 0.570. The number of carbonyl (C=O) groups excluding carboxylic acids is 1. The van der Waals surface area contributed by atoms with Gasteiger partial charge in [0.2, 0.25) is 11.8 Å². The molecule has 160 valence electrons. The number of nitrogens with one attached hydrogen (secondary N) is 2. The smallest absolute Gasteiger partial charge is 0.416 e. The van der Waals surface area contributed by atoms with Crippen molar-refractivity contribution in [2.24, 2.45) is 0 Å². The van der Waals surface area contributed by atoms with Crippen LogP contribution in [0.15, 0.2) is 59.7 Å². The third-order valence-corrected chi connectivity index (χ3v) is 5.10. The first kappa shape index (κ1) is 20.6. The molecule has 0 spiro atoms. The van der Waals surface area contributed by atoms with Crippen molar-refractivity contribution in [3.05, 3.63) is 66.7 Å². The van der Waals surface area contributed by atoms with E-state index in [9.17, 15) is 18.0 Å². The lowest BCUT2D eigenvalue weighted by molar-refractivity contribution is -0.137. The van der Waals surface area contributed by atoms with Gasteiger partial charge in [-0.2, -0.15) is 13.2 Å². The number of aromatic nitrogens is 3. The Hall–Kier alpha value is -3.69. The van der Waals surface area contributed by atoms with Crippen LogP contribution in [0.5, 0.6) is 0 Å². The molecule has 2 aromatic heterocycles. The van der Waals surface area contributed by atoms with E-state index in [0.29, 0.717) is 36.5 Å². The van der Waals surface area contributed by atoms with Crippen molar-refractivity contribution in [2.75, 3.05) is 11.9 Å². The number of carbonyl (C=O) groups is 1. The minimum Gasteiger partial charge on any atom is -0.418 e. The summed E-state index contributed by atoms with van der Waals surface area (Å²) in [5, 5.41) is 13.9. The van der Waals surface area contributed by atoms with Gasteiger partial charge in [0.15, 0.2) is 5.69 Å². The van der Waals surface area contributed by atoms with Gasteiger partial charge in [-0.3, -0.25) is 4.79 Å². The number of hydrogen-bond acceptors (Lipinski definition) is 6. The van der Waals surface area contributed by atoms with Gasteiger partial charge in [-0.1, -0.05) is 6.08 Å². The molecule has 3 aromatic rings. The summed E-state index contributed by atoms with van der Waals surface area (Å²) < 4.78 is 44.2. The lowest BCUT2D eigenvalue weighted by Gasteiger charge is -2.19. The molecular weight excluding hydrogens is 411 g/mol. The van der Waals surface area contributed by atoms with Crippen LogP contribution >= 0.6 is 0 Å². The maximum Gasteiger partial charge on any atom is 0.416 e. The summed E-state index contributed by atoms with van der Waals surface area (Å²) in [5.74, 6) is 0.0587. The van der Waals surface area contributed by atoms with Crippen molar-refractivity contribution in [1.82, 2.24) is 20.5 Å². The monoisotopic (exact) mass is 429 g/mol. The largest absolute Gasteiger partial charge is 0.418 e. The number of anilines is 2. The molecule has 0 bridgehead atoms. The van der Waals surface area contributed by atoms with E-state index in [1.807, 2.05) is 0 Å². The molecule has 1 amide bonds. The molecule has 0 radical (unpaired) electrons. The minimum absolute atomic E-state index is 0.0909. The summed E-state index contributed by atoms with van der Waals surface area (Å²) in [6, 6.07) is 7.96. The molecule has 1 atom stereocenters. The molecule has 4 rings (SSSR count). The van der Waals surface area contributed by atoms with Gasteiger partial charge in [0, 0.05) is 18.4 Å². The normalized spacial score (nSPS) is 18.6. The van der Waals surface area contributed by atoms with Crippen LogP contribution in [0.2, 0.25) is 0 Å². The van der Waals surface area contributed by atoms with Gasteiger partial charge in [0.05, 0.1) is 11.3 Å². The number of allylic oxidation sites excluding steroid dienone is 1. The van der Waals surface area contributed by atoms with Gasteiger partial charge < -0.3 is 15.1 Å². The van der Waals surface area contributed by atoms with E-state index in [2.05, 4.69) is 32.4 Å². The van der Waals surface area contributed by atoms with E-state index in [0.717, 1.165) is 12.1 Å². The molecule has 1 saturated heterocycles. The maximum atomic E-state index is 12.8. The lowest BCUT2D eigenvalue weighted by Crippen LogP contribution is -2.35. The van der Waals surface area contributed by atoms with Gasteiger partial charge in [-0.05, 0) is 49.2 Å². The zero-order valence-electron chi connectivity index (χ0n) is 16.2. The maximum absolute atomic E-state index is 12.8. The molecule has 0 unspecified atom stereocenters. The van der Waals surface area contributed by atoms with E-state index < -0.39 is 17.2 Å². The van der Waals surface area contributed by atoms with Crippen LogP contribution in [-0.2, 0) is 16.4 Å². The van der Waals surface area contributed by atoms with Crippen LogP contribution in [0.25, 0.3) is 11.6 Å². The van der Waals surface area contributed by atoms with Crippen LogP contribution in [-0.4, -0.2) is 27.6 Å². The summed E-state index contributed by atoms with van der Waals surface area (Å²) in [6.45, 7) is 4.21. The van der Waals surface area contributed by atoms with Crippen LogP contribution in [0.3, 0.4) is 0 Å². The second-order valence-corrected chi connectivity index (χ2v) is 7.09. The zero-order valence-corrected chi connectivity index (χ0v) is 16.2. The van der Waals surface area contributed by atoms with Crippen molar-refractivity contribution in [2.45, 2.75) is 24.4 Å². The SMILES string of the molecule is C=CC[C@@]1(c2nnc(-c3ncccc3Nc3ccc(C(F)(F)F)cc3)o2)CCNC1=O. The summed E-state index contributed by atoms with van der Waals surface area (Å²) in [4.78, 5) is 16.7. The predicted molar refractivity (Wildman–Crippen MR) is 106 cm³/mol. The van der Waals surface area contributed by atoms with Gasteiger partial charge in [0.1, 0.15) is 5.41 Å². The fourth-order valence-corrected chi connectivity index (χ4v) is 3.49. The third-order valence-electron chi connectivity index (χ3n) is 5.10. The van der Waals surface area contributed by atoms with Crippen molar-refractivity contribution < 1.29 is 22.4 Å². The van der Waals surface area contributed by atoms with Gasteiger partial charge in [-0.25, -0.2) is 4.98 Å². The van der Waals surface area contributed by atoms with Crippen LogP contribution in [0.1, 0.15) is 24.3 Å². The Morgan fingerprint density at radius 1 is 1.23 bits per heavy atom. The van der Waals surface area contributed by atoms with Crippen LogP contribution in [0, 0.1) is 0 Å². The molecule has 1 aliphatic heterocycles. The third kappa shape index (κ3) is 3.88. The minimum atomic E-state index is -4.41. The highest BCUT2D eigenvalue weighted by atomic mass is 19.4. The van der Waals surface area contributed by atoms with Gasteiger partial charge in [-0.15, -0.1) is 16.8 Å². The molecule has 10 heteroatoms. The fraction of sp³-hybridized carbons (Fsp3) is 0.238. The molecule has 7 nitrogen and oxygen atoms in total. The topological polar surface area (TPSA) is 92.9 Å². The Labute approximate surface area is 175 Å². The van der Waals surface area contributed by atoms with E-state index in [1.165, 1.54) is 18.3 Å². The van der Waals surface area contributed by atoms with E-state index >= 15 is 0 Å². The zero-order chi connectivity index (χ0) is 22.1. The Balaban J connectivity index is 1.64. The highest BCUT2D eigenvalue weighted by Crippen LogP contribution is 2.37. The van der Waals surface area contributed by atoms with E-state index in [1.54, 1.807) is 18.2 Å². The van der Waals surface area contributed by atoms with Crippen molar-refractivity contribution in [1.29, 1.82) is 0 Å². The molecule has 31 heavy (non-hydrogen) atoms. The summed E-state index contributed by atoms with van der Waals surface area (Å²) >= 11 is 0. The van der Waals surface area contributed by atoms with E-state index in [4.69, 9.17) is 4.42 Å². The molecule has 1 aliphatic rings. The fourth-order valence-electron chi connectivity index (χ4n) is 3.49. The number of halogens is 3. The van der Waals surface area contributed by atoms with Crippen LogP contribution < -0.4 is 10.6 Å². The highest BCUT2D eigenvalue weighted by molar-refractivity contribution is 5.89. The number of pyridine rings is 1. The number of rotatable bonds is 6. The Kier molecular flexibility index (Phi) is 5.22. The molecule has 0 saturated carbocycles. The van der Waals surface area contributed by atoms with E-state index in [-0.39, 0.29) is 17.7 Å². The number of hydrogen-bond donors (Lipinski definition) is 2. The molecule has 2 N–H and O–H groups in total. The number of benzene rings is 1. The predicted octanol–water partition coefficient (Wildman–Crippen LogP) is 4.23. The van der Waals surface area contributed by atoms with Crippen LogP contribution in [0.4, 0.5) is 24.5 Å². The second kappa shape index (κ2) is 7.86. The second-order valence-electron chi connectivity index (χ2n) is 7.09. The molecule has 1 fully saturated rings. The first-order valence-corrected chi connectivity index (χ1v) is 9.46. The summed E-state index contributed by atoms with van der Waals surface area (Å²) in [7, 11) is 0. The Morgan fingerprint density at radius 3 is 2.65 bits per heavy atom. The first-order chi connectivity index (χ1) is 14.8. The van der Waals surface area contributed by atoms with Crippen molar-refractivity contribution >= 4 is 17.3 Å². The average molecular weight is 429 g/mol. The van der Waals surface area contributed by atoms with Gasteiger partial charge in [0.25, 0.3) is 5.89 Å². The van der Waals surface area contributed by atoms with Gasteiger partial charge >= 0.3 is 6.18 Å². The number of amides is 1. The molecule has 1 aromatic carbocycles. The van der Waals surface area contributed by atoms with Crippen molar-refractivity contribution in [3.8, 4) is 11.6 Å². The number of alkyl halides is 3. The number of nitrogens with zero attached hydrogens (tertiary/aromatic N) is 3. The molecular formula is C21H18F3N5O2. The summed E-state index contributed by atoms with van der Waals surface area (Å²) in [5.41, 5.74) is -0.504. The molecule has 0 aliphatic carbocycles. The Bertz CT molecular complexity index is 1110. The average Bonchev–Trinajstić information content (AvgIpc) is 3.37. The lowest BCUT2D eigenvalue weighted by atomic mass is 9.83. The standard InChI is InChI=1S/C21H18F3N5O2/c1-2-9-20(10-12-26-18(20)30)19-29-28-17(31-19)16-15(4-3-11-25-16)27-14-7-5-13(6-8-14)21(22,23)24/h2-8,11,27H,1,9-10,12H2,(H,26,30)/t20-/m1/s1. The molecule has 3 heterocycles. The highest BCUT2D eigenvalue weighted by Gasteiger charge is 2.47.